The fourth-order valence-electron chi connectivity index (χ4n) is 0.943. The van der Waals surface area contributed by atoms with E-state index < -0.39 is 0 Å². The Morgan fingerprint density at radius 1 is 1.67 bits per heavy atom. The predicted molar refractivity (Wildman–Crippen MR) is 39.4 cm³/mol. The molecule has 0 aromatic carbocycles. The Hall–Kier alpha value is -0.630. The smallest absolute Gasteiger partial charge is 0.103 e. The van der Waals surface area contributed by atoms with Gasteiger partial charge in [0.15, 0.2) is 0 Å². The molecule has 9 heavy (non-hydrogen) atoms. The molecule has 1 heterocycles. The van der Waals surface area contributed by atoms with Crippen molar-refractivity contribution in [3.63, 3.8) is 0 Å². The standard InChI is InChI=1S/C7H12N2/c1-2-6-4-3-5-9-7(6)8/h3-7H,2,8H2,1H3. The number of hydrogen-bond donors (Lipinski definition) is 1. The van der Waals surface area contributed by atoms with Crippen molar-refractivity contribution in [1.82, 2.24) is 0 Å². The summed E-state index contributed by atoms with van der Waals surface area (Å²) in [6.07, 6.45) is 6.90. The number of allylic oxidation sites excluding steroid dienone is 1. The first-order valence-electron chi connectivity index (χ1n) is 3.30. The third-order valence-corrected chi connectivity index (χ3v) is 1.61. The summed E-state index contributed by atoms with van der Waals surface area (Å²) in [6.45, 7) is 2.12. The van der Waals surface area contributed by atoms with E-state index in [9.17, 15) is 0 Å². The van der Waals surface area contributed by atoms with E-state index in [0.29, 0.717) is 5.92 Å². The molecule has 2 nitrogen and oxygen atoms in total. The summed E-state index contributed by atoms with van der Waals surface area (Å²) in [5, 5.41) is 0. The zero-order chi connectivity index (χ0) is 6.69. The fourth-order valence-corrected chi connectivity index (χ4v) is 0.943. The fraction of sp³-hybridized carbons (Fsp3) is 0.571. The Bertz CT molecular complexity index is 138. The first kappa shape index (κ1) is 6.49. The molecular formula is C7H12N2. The van der Waals surface area contributed by atoms with E-state index in [4.69, 9.17) is 5.73 Å². The molecule has 0 aliphatic carbocycles. The molecule has 0 bridgehead atoms. The highest BCUT2D eigenvalue weighted by molar-refractivity contribution is 5.72. The van der Waals surface area contributed by atoms with E-state index >= 15 is 0 Å². The normalized spacial score (nSPS) is 33.1. The van der Waals surface area contributed by atoms with Gasteiger partial charge in [-0.2, -0.15) is 0 Å². The van der Waals surface area contributed by atoms with Gasteiger partial charge in [-0.1, -0.05) is 13.0 Å². The molecule has 1 rings (SSSR count). The van der Waals surface area contributed by atoms with Crippen LogP contribution in [0.5, 0.6) is 0 Å². The zero-order valence-corrected chi connectivity index (χ0v) is 5.62. The van der Waals surface area contributed by atoms with Crippen LogP contribution in [0.25, 0.3) is 0 Å². The second-order valence-corrected chi connectivity index (χ2v) is 2.25. The van der Waals surface area contributed by atoms with Crippen molar-refractivity contribution in [1.29, 1.82) is 0 Å². The highest BCUT2D eigenvalue weighted by atomic mass is 14.9. The topological polar surface area (TPSA) is 38.4 Å². The highest BCUT2D eigenvalue weighted by Gasteiger charge is 2.11. The van der Waals surface area contributed by atoms with Gasteiger partial charge in [0.05, 0.1) is 0 Å². The van der Waals surface area contributed by atoms with Crippen LogP contribution >= 0.6 is 0 Å². The van der Waals surface area contributed by atoms with Crippen molar-refractivity contribution in [2.75, 3.05) is 0 Å². The van der Waals surface area contributed by atoms with Crippen molar-refractivity contribution < 1.29 is 0 Å². The number of nitrogens with two attached hydrogens (primary N) is 1. The molecule has 2 atom stereocenters. The lowest BCUT2D eigenvalue weighted by Gasteiger charge is -2.16. The first-order chi connectivity index (χ1) is 4.34. The van der Waals surface area contributed by atoms with E-state index in [-0.39, 0.29) is 6.17 Å². The molecule has 0 aromatic heterocycles. The highest BCUT2D eigenvalue weighted by Crippen LogP contribution is 2.11. The summed E-state index contributed by atoms with van der Waals surface area (Å²) >= 11 is 0. The SMILES string of the molecule is CCC1C=CC=NC1N. The Labute approximate surface area is 55.5 Å². The van der Waals surface area contributed by atoms with Crippen LogP contribution in [-0.4, -0.2) is 12.4 Å². The number of nitrogens with zero attached hydrogens (tertiary/aromatic N) is 1. The average Bonchev–Trinajstić information content (AvgIpc) is 1.89. The summed E-state index contributed by atoms with van der Waals surface area (Å²) in [7, 11) is 0. The third-order valence-electron chi connectivity index (χ3n) is 1.61. The minimum absolute atomic E-state index is 0.000000000000000222. The monoisotopic (exact) mass is 124 g/mol. The van der Waals surface area contributed by atoms with Gasteiger partial charge in [0.1, 0.15) is 6.17 Å². The lowest BCUT2D eigenvalue weighted by atomic mass is 10.0. The van der Waals surface area contributed by atoms with E-state index in [2.05, 4.69) is 18.0 Å². The maximum Gasteiger partial charge on any atom is 0.103 e. The number of hydrogen-bond acceptors (Lipinski definition) is 2. The van der Waals surface area contributed by atoms with Crippen molar-refractivity contribution in [3.8, 4) is 0 Å². The van der Waals surface area contributed by atoms with Crippen molar-refractivity contribution in [2.45, 2.75) is 19.5 Å². The van der Waals surface area contributed by atoms with Gasteiger partial charge in [0.2, 0.25) is 0 Å². The Balaban J connectivity index is 2.55. The van der Waals surface area contributed by atoms with Crippen LogP contribution in [0.1, 0.15) is 13.3 Å². The summed E-state index contributed by atoms with van der Waals surface area (Å²) in [4.78, 5) is 4.05. The number of dihydropyridines is 1. The zero-order valence-electron chi connectivity index (χ0n) is 5.62. The Kier molecular flexibility index (Phi) is 2.01. The average molecular weight is 124 g/mol. The van der Waals surface area contributed by atoms with E-state index in [1.165, 1.54) is 0 Å². The predicted octanol–water partition coefficient (Wildman–Crippen LogP) is 0.938. The van der Waals surface area contributed by atoms with Crippen molar-refractivity contribution >= 4 is 6.21 Å². The molecule has 0 radical (unpaired) electrons. The van der Waals surface area contributed by atoms with Crippen LogP contribution in [0.15, 0.2) is 17.1 Å². The second kappa shape index (κ2) is 2.78. The van der Waals surface area contributed by atoms with Gasteiger partial charge in [-0.15, -0.1) is 0 Å². The van der Waals surface area contributed by atoms with Crippen LogP contribution in [0, 0.1) is 5.92 Å². The molecule has 1 aliphatic rings. The first-order valence-corrected chi connectivity index (χ1v) is 3.30. The largest absolute Gasteiger partial charge is 0.309 e. The summed E-state index contributed by atoms with van der Waals surface area (Å²) in [5.41, 5.74) is 5.64. The molecule has 0 saturated carbocycles. The third kappa shape index (κ3) is 1.39. The van der Waals surface area contributed by atoms with Gasteiger partial charge >= 0.3 is 0 Å². The molecular weight excluding hydrogens is 112 g/mol. The minimum atomic E-state index is -0.000000000000000222. The molecule has 2 unspecified atom stereocenters. The van der Waals surface area contributed by atoms with Gasteiger partial charge in [-0.25, -0.2) is 0 Å². The lowest BCUT2D eigenvalue weighted by molar-refractivity contribution is 0.501. The summed E-state index contributed by atoms with van der Waals surface area (Å²) in [5.74, 6) is 0.454. The molecule has 0 amide bonds. The van der Waals surface area contributed by atoms with Crippen LogP contribution in [-0.2, 0) is 0 Å². The van der Waals surface area contributed by atoms with Gasteiger partial charge in [-0.05, 0) is 12.5 Å². The van der Waals surface area contributed by atoms with Crippen LogP contribution < -0.4 is 5.73 Å². The van der Waals surface area contributed by atoms with E-state index in [1.54, 1.807) is 6.21 Å². The maximum absolute atomic E-state index is 5.64. The molecule has 50 valence electrons. The molecule has 2 heteroatoms. The number of aliphatic imine (C=N–C) groups is 1. The van der Waals surface area contributed by atoms with Crippen LogP contribution in [0.2, 0.25) is 0 Å². The van der Waals surface area contributed by atoms with Crippen molar-refractivity contribution in [3.05, 3.63) is 12.2 Å². The lowest BCUT2D eigenvalue weighted by Crippen LogP contribution is -2.27. The van der Waals surface area contributed by atoms with Gasteiger partial charge < -0.3 is 5.73 Å². The van der Waals surface area contributed by atoms with Gasteiger partial charge in [0, 0.05) is 12.1 Å². The molecule has 0 aromatic rings. The summed E-state index contributed by atoms with van der Waals surface area (Å²) in [6, 6.07) is 0. The molecule has 2 N–H and O–H groups in total. The second-order valence-electron chi connectivity index (χ2n) is 2.25. The molecule has 0 fully saturated rings. The molecule has 1 aliphatic heterocycles. The van der Waals surface area contributed by atoms with E-state index in [1.807, 2.05) is 6.08 Å². The minimum Gasteiger partial charge on any atom is -0.309 e. The Morgan fingerprint density at radius 2 is 2.44 bits per heavy atom. The molecule has 0 spiro atoms. The van der Waals surface area contributed by atoms with Gasteiger partial charge in [-0.3, -0.25) is 4.99 Å². The maximum atomic E-state index is 5.64. The Morgan fingerprint density at radius 3 is 2.89 bits per heavy atom. The van der Waals surface area contributed by atoms with Crippen molar-refractivity contribution in [2.24, 2.45) is 16.6 Å². The van der Waals surface area contributed by atoms with Crippen LogP contribution in [0.4, 0.5) is 0 Å². The summed E-state index contributed by atoms with van der Waals surface area (Å²) < 4.78 is 0. The molecule has 0 saturated heterocycles. The number of rotatable bonds is 1. The van der Waals surface area contributed by atoms with E-state index in [0.717, 1.165) is 6.42 Å². The quantitative estimate of drug-likeness (QED) is 0.555. The van der Waals surface area contributed by atoms with Crippen LogP contribution in [0.3, 0.4) is 0 Å². The van der Waals surface area contributed by atoms with Gasteiger partial charge in [0.25, 0.3) is 0 Å².